The summed E-state index contributed by atoms with van der Waals surface area (Å²) in [7, 11) is -4.36. The van der Waals surface area contributed by atoms with Crippen LogP contribution in [0.3, 0.4) is 0 Å². The third-order valence-electron chi connectivity index (χ3n) is 2.87. The van der Waals surface area contributed by atoms with Crippen molar-refractivity contribution in [2.45, 2.75) is 9.79 Å². The van der Waals surface area contributed by atoms with Crippen molar-refractivity contribution in [2.24, 2.45) is 0 Å². The zero-order chi connectivity index (χ0) is 17.4. The van der Waals surface area contributed by atoms with Gasteiger partial charge in [0, 0.05) is 11.1 Å². The van der Waals surface area contributed by atoms with Crippen molar-refractivity contribution in [2.75, 3.05) is 0 Å². The number of hydrogen-bond donors (Lipinski definition) is 1. The summed E-state index contributed by atoms with van der Waals surface area (Å²) in [5.74, 6) is -1.42. The smallest absolute Gasteiger partial charge is 0.335 e. The van der Waals surface area contributed by atoms with Crippen LogP contribution in [0, 0.1) is 10.1 Å². The molecule has 0 aliphatic carbocycles. The van der Waals surface area contributed by atoms with Gasteiger partial charge in [-0.2, -0.15) is 0 Å². The minimum Gasteiger partial charge on any atom is -0.478 e. The molecule has 0 unspecified atom stereocenters. The number of aromatic carboxylic acids is 1. The van der Waals surface area contributed by atoms with E-state index in [4.69, 9.17) is 28.3 Å². The number of carbonyl (C=O) groups is 1. The largest absolute Gasteiger partial charge is 0.478 e. The highest BCUT2D eigenvalue weighted by atomic mass is 35.5. The summed E-state index contributed by atoms with van der Waals surface area (Å²) in [6.45, 7) is 0. The van der Waals surface area contributed by atoms with Crippen LogP contribution in [0.15, 0.2) is 46.2 Å². The quantitative estimate of drug-likeness (QED) is 0.646. The number of nitro benzene ring substituents is 1. The second kappa shape index (κ2) is 6.15. The van der Waals surface area contributed by atoms with E-state index >= 15 is 0 Å². The maximum atomic E-state index is 12.6. The van der Waals surface area contributed by atoms with Crippen LogP contribution in [0.5, 0.6) is 0 Å². The number of sulfone groups is 1. The van der Waals surface area contributed by atoms with E-state index in [2.05, 4.69) is 0 Å². The van der Waals surface area contributed by atoms with Crippen LogP contribution in [-0.2, 0) is 9.84 Å². The van der Waals surface area contributed by atoms with Gasteiger partial charge < -0.3 is 5.11 Å². The lowest BCUT2D eigenvalue weighted by molar-refractivity contribution is -0.387. The lowest BCUT2D eigenvalue weighted by atomic mass is 10.2. The molecule has 2 rings (SSSR count). The number of carboxylic acid groups (broad SMARTS) is 1. The summed E-state index contributed by atoms with van der Waals surface area (Å²) >= 11 is 11.6. The van der Waals surface area contributed by atoms with Crippen LogP contribution < -0.4 is 0 Å². The molecule has 1 N–H and O–H groups in total. The molecule has 0 saturated carbocycles. The molecule has 0 aliphatic rings. The summed E-state index contributed by atoms with van der Waals surface area (Å²) in [6.07, 6.45) is 0. The fourth-order valence-corrected chi connectivity index (χ4v) is 3.98. The highest BCUT2D eigenvalue weighted by Gasteiger charge is 2.30. The Hall–Kier alpha value is -2.16. The fourth-order valence-electron chi connectivity index (χ4n) is 1.82. The number of nitrogens with zero attached hydrogens (tertiary/aromatic N) is 1. The first-order valence-electron chi connectivity index (χ1n) is 5.86. The third kappa shape index (κ3) is 3.29. The number of carboxylic acids is 1. The van der Waals surface area contributed by atoms with Crippen molar-refractivity contribution in [1.82, 2.24) is 0 Å². The minimum atomic E-state index is -4.36. The maximum absolute atomic E-state index is 12.6. The molecule has 10 heteroatoms. The Morgan fingerprint density at radius 2 is 1.74 bits per heavy atom. The van der Waals surface area contributed by atoms with Gasteiger partial charge in [-0.1, -0.05) is 23.2 Å². The minimum absolute atomic E-state index is 0.0813. The van der Waals surface area contributed by atoms with Gasteiger partial charge in [0.2, 0.25) is 9.84 Å². The van der Waals surface area contributed by atoms with Crippen molar-refractivity contribution in [3.05, 3.63) is 62.1 Å². The monoisotopic (exact) mass is 375 g/mol. The molecular weight excluding hydrogens is 369 g/mol. The molecule has 0 aromatic heterocycles. The zero-order valence-corrected chi connectivity index (χ0v) is 13.4. The fraction of sp³-hybridized carbons (Fsp3) is 0. The van der Waals surface area contributed by atoms with E-state index in [0.29, 0.717) is 6.07 Å². The molecule has 23 heavy (non-hydrogen) atoms. The standard InChI is InChI=1S/C13H7Cl2NO6S/c14-8-2-3-9(15)12(6-8)23(21,22)11-4-1-7(13(17)18)5-10(11)16(19)20/h1-6H,(H,17,18). The first-order valence-corrected chi connectivity index (χ1v) is 8.10. The number of hydrogen-bond acceptors (Lipinski definition) is 5. The van der Waals surface area contributed by atoms with Crippen LogP contribution in [-0.4, -0.2) is 24.4 Å². The Balaban J connectivity index is 2.76. The Morgan fingerprint density at radius 3 is 2.30 bits per heavy atom. The van der Waals surface area contributed by atoms with Crippen molar-refractivity contribution in [3.8, 4) is 0 Å². The van der Waals surface area contributed by atoms with Crippen molar-refractivity contribution >= 4 is 44.7 Å². The van der Waals surface area contributed by atoms with Crippen LogP contribution in [0.1, 0.15) is 10.4 Å². The molecule has 2 aromatic carbocycles. The average molecular weight is 376 g/mol. The predicted octanol–water partition coefficient (Wildman–Crippen LogP) is 3.43. The molecule has 0 fully saturated rings. The summed E-state index contributed by atoms with van der Waals surface area (Å²) in [4.78, 5) is 20.0. The van der Waals surface area contributed by atoms with Gasteiger partial charge >= 0.3 is 5.97 Å². The second-order valence-electron chi connectivity index (χ2n) is 4.32. The predicted molar refractivity (Wildman–Crippen MR) is 82.0 cm³/mol. The normalized spacial score (nSPS) is 11.2. The lowest BCUT2D eigenvalue weighted by Gasteiger charge is -2.08. The van der Waals surface area contributed by atoms with Crippen molar-refractivity contribution in [1.29, 1.82) is 0 Å². The molecule has 0 amide bonds. The molecule has 0 saturated heterocycles. The molecule has 0 radical (unpaired) electrons. The molecule has 7 nitrogen and oxygen atoms in total. The van der Waals surface area contributed by atoms with E-state index in [-0.39, 0.29) is 10.0 Å². The van der Waals surface area contributed by atoms with Crippen LogP contribution in [0.4, 0.5) is 5.69 Å². The average Bonchev–Trinajstić information content (AvgIpc) is 2.48. The maximum Gasteiger partial charge on any atom is 0.335 e. The van der Waals surface area contributed by atoms with Gasteiger partial charge in [0.05, 0.1) is 20.4 Å². The zero-order valence-electron chi connectivity index (χ0n) is 11.1. The molecule has 0 atom stereocenters. The van der Waals surface area contributed by atoms with E-state index in [1.165, 1.54) is 12.1 Å². The SMILES string of the molecule is O=C(O)c1ccc(S(=O)(=O)c2cc(Cl)ccc2Cl)c([N+](=O)[O-])c1. The summed E-state index contributed by atoms with van der Waals surface area (Å²) in [5, 5.41) is 19.9. The Labute approximate surface area is 140 Å². The van der Waals surface area contributed by atoms with Gasteiger partial charge in [0.25, 0.3) is 5.69 Å². The molecule has 2 aromatic rings. The van der Waals surface area contributed by atoms with Crippen molar-refractivity contribution in [3.63, 3.8) is 0 Å². The Kier molecular flexibility index (Phi) is 4.60. The topological polar surface area (TPSA) is 115 Å². The van der Waals surface area contributed by atoms with Gasteiger partial charge in [-0.3, -0.25) is 10.1 Å². The first kappa shape index (κ1) is 17.2. The highest BCUT2D eigenvalue weighted by molar-refractivity contribution is 7.91. The first-order chi connectivity index (χ1) is 10.6. The van der Waals surface area contributed by atoms with E-state index < -0.39 is 41.8 Å². The Morgan fingerprint density at radius 1 is 1.09 bits per heavy atom. The number of benzene rings is 2. The van der Waals surface area contributed by atoms with Gasteiger partial charge in [0.1, 0.15) is 4.90 Å². The molecule has 0 aliphatic heterocycles. The summed E-state index contributed by atoms with van der Waals surface area (Å²) in [5.41, 5.74) is -1.27. The van der Waals surface area contributed by atoms with Gasteiger partial charge in [0.15, 0.2) is 0 Å². The molecule has 0 bridgehead atoms. The van der Waals surface area contributed by atoms with E-state index in [9.17, 15) is 23.3 Å². The molecule has 0 spiro atoms. The summed E-state index contributed by atoms with van der Waals surface area (Å²) in [6, 6.07) is 6.16. The number of rotatable bonds is 4. The number of nitro groups is 1. The van der Waals surface area contributed by atoms with Crippen LogP contribution in [0.25, 0.3) is 0 Å². The molecule has 0 heterocycles. The lowest BCUT2D eigenvalue weighted by Crippen LogP contribution is -2.08. The van der Waals surface area contributed by atoms with Crippen LogP contribution in [0.2, 0.25) is 10.0 Å². The molecule has 120 valence electrons. The Bertz CT molecular complexity index is 926. The van der Waals surface area contributed by atoms with Gasteiger partial charge in [-0.05, 0) is 30.3 Å². The van der Waals surface area contributed by atoms with Gasteiger partial charge in [-0.25, -0.2) is 13.2 Å². The van der Waals surface area contributed by atoms with Gasteiger partial charge in [-0.15, -0.1) is 0 Å². The van der Waals surface area contributed by atoms with E-state index in [1.807, 2.05) is 0 Å². The highest BCUT2D eigenvalue weighted by Crippen LogP contribution is 2.34. The van der Waals surface area contributed by atoms with Crippen molar-refractivity contribution < 1.29 is 23.2 Å². The molecular formula is C13H7Cl2NO6S. The van der Waals surface area contributed by atoms with E-state index in [0.717, 1.165) is 18.2 Å². The second-order valence-corrected chi connectivity index (χ2v) is 7.05. The van der Waals surface area contributed by atoms with Crippen LogP contribution >= 0.6 is 23.2 Å². The third-order valence-corrected chi connectivity index (χ3v) is 5.39. The summed E-state index contributed by atoms with van der Waals surface area (Å²) < 4.78 is 25.2. The van der Waals surface area contributed by atoms with E-state index in [1.54, 1.807) is 0 Å². The number of halogens is 2.